The van der Waals surface area contributed by atoms with Gasteiger partial charge in [0.2, 0.25) is 5.95 Å². The fraction of sp³-hybridized carbons (Fsp3) is 0.500. The van der Waals surface area contributed by atoms with E-state index in [-0.39, 0.29) is 0 Å². The van der Waals surface area contributed by atoms with Gasteiger partial charge in [0.1, 0.15) is 0 Å². The maximum absolute atomic E-state index is 4.68. The number of para-hydroxylation sites is 1. The Bertz CT molecular complexity index is 633. The van der Waals surface area contributed by atoms with E-state index in [4.69, 9.17) is 0 Å². The summed E-state index contributed by atoms with van der Waals surface area (Å²) in [7, 11) is 0. The molecule has 0 atom stereocenters. The highest BCUT2D eigenvalue weighted by Gasteiger charge is 2.13. The minimum Gasteiger partial charge on any atom is -0.355 e. The molecule has 2 aromatic rings. The minimum absolute atomic E-state index is 0.445. The molecular weight excluding hydrogens is 286 g/mol. The van der Waals surface area contributed by atoms with Crippen molar-refractivity contribution in [1.29, 1.82) is 0 Å². The Balaban J connectivity index is 1.80. The Hall–Kier alpha value is -2.17. The van der Waals surface area contributed by atoms with Crippen molar-refractivity contribution in [3.05, 3.63) is 36.0 Å². The van der Waals surface area contributed by atoms with Crippen LogP contribution < -0.4 is 10.2 Å². The summed E-state index contributed by atoms with van der Waals surface area (Å²) in [6, 6.07) is 8.30. The number of benzene rings is 1. The molecule has 1 aliphatic rings. The van der Waals surface area contributed by atoms with E-state index in [1.807, 2.05) is 6.07 Å². The lowest BCUT2D eigenvalue weighted by atomic mass is 10.0. The van der Waals surface area contributed by atoms with Crippen LogP contribution in [0.2, 0.25) is 0 Å². The van der Waals surface area contributed by atoms with Crippen LogP contribution >= 0.6 is 0 Å². The van der Waals surface area contributed by atoms with Gasteiger partial charge in [0, 0.05) is 18.8 Å². The van der Waals surface area contributed by atoms with Gasteiger partial charge in [-0.3, -0.25) is 0 Å². The molecule has 1 saturated heterocycles. The van der Waals surface area contributed by atoms with Crippen molar-refractivity contribution in [2.45, 2.75) is 45.4 Å². The van der Waals surface area contributed by atoms with Gasteiger partial charge in [-0.15, -0.1) is 5.10 Å². The van der Waals surface area contributed by atoms with E-state index in [9.17, 15) is 0 Å². The largest absolute Gasteiger partial charge is 0.355 e. The number of hydrogen-bond donors (Lipinski definition) is 1. The number of nitrogens with one attached hydrogen (secondary N) is 1. The Morgan fingerprint density at radius 1 is 1.04 bits per heavy atom. The van der Waals surface area contributed by atoms with E-state index in [1.54, 1.807) is 6.20 Å². The van der Waals surface area contributed by atoms with Crippen molar-refractivity contribution in [1.82, 2.24) is 15.2 Å². The molecule has 0 unspecified atom stereocenters. The quantitative estimate of drug-likeness (QED) is 0.920. The number of hydrogen-bond acceptors (Lipinski definition) is 5. The van der Waals surface area contributed by atoms with Gasteiger partial charge in [-0.2, -0.15) is 10.1 Å². The van der Waals surface area contributed by atoms with Crippen LogP contribution in [0.25, 0.3) is 0 Å². The van der Waals surface area contributed by atoms with Gasteiger partial charge in [-0.05, 0) is 30.4 Å². The van der Waals surface area contributed by atoms with E-state index >= 15 is 0 Å². The van der Waals surface area contributed by atoms with Crippen LogP contribution in [0, 0.1) is 0 Å². The van der Waals surface area contributed by atoms with Crippen LogP contribution in [-0.2, 0) is 0 Å². The number of anilines is 3. The van der Waals surface area contributed by atoms with Crippen molar-refractivity contribution in [3.8, 4) is 0 Å². The van der Waals surface area contributed by atoms with E-state index in [0.29, 0.717) is 11.9 Å². The Morgan fingerprint density at radius 2 is 1.78 bits per heavy atom. The molecule has 0 spiro atoms. The third kappa shape index (κ3) is 3.97. The summed E-state index contributed by atoms with van der Waals surface area (Å²) in [6.45, 7) is 6.49. The molecule has 5 nitrogen and oxygen atoms in total. The molecule has 5 heteroatoms. The molecule has 2 heterocycles. The maximum atomic E-state index is 4.68. The smallest absolute Gasteiger partial charge is 0.249 e. The summed E-state index contributed by atoms with van der Waals surface area (Å²) < 4.78 is 0. The van der Waals surface area contributed by atoms with Crippen molar-refractivity contribution in [2.24, 2.45) is 0 Å². The van der Waals surface area contributed by atoms with E-state index < -0.39 is 0 Å². The summed E-state index contributed by atoms with van der Waals surface area (Å²) in [5.74, 6) is 1.94. The molecule has 1 fully saturated rings. The second-order valence-corrected chi connectivity index (χ2v) is 6.41. The van der Waals surface area contributed by atoms with E-state index in [2.05, 4.69) is 57.4 Å². The molecule has 122 valence electrons. The van der Waals surface area contributed by atoms with Crippen molar-refractivity contribution in [2.75, 3.05) is 23.3 Å². The second-order valence-electron chi connectivity index (χ2n) is 6.41. The van der Waals surface area contributed by atoms with Gasteiger partial charge in [0.15, 0.2) is 5.82 Å². The first-order chi connectivity index (χ1) is 11.2. The minimum atomic E-state index is 0.445. The molecule has 1 aromatic carbocycles. The monoisotopic (exact) mass is 311 g/mol. The summed E-state index contributed by atoms with van der Waals surface area (Å²) in [5.41, 5.74) is 2.31. The zero-order valence-corrected chi connectivity index (χ0v) is 14.0. The molecule has 1 aromatic heterocycles. The van der Waals surface area contributed by atoms with Crippen LogP contribution in [0.1, 0.15) is 51.0 Å². The van der Waals surface area contributed by atoms with Crippen molar-refractivity contribution in [3.63, 3.8) is 0 Å². The fourth-order valence-corrected chi connectivity index (χ4v) is 3.03. The molecule has 0 aliphatic carbocycles. The average Bonchev–Trinajstić information content (AvgIpc) is 2.85. The van der Waals surface area contributed by atoms with Gasteiger partial charge >= 0.3 is 0 Å². The highest BCUT2D eigenvalue weighted by atomic mass is 15.3. The van der Waals surface area contributed by atoms with Crippen LogP contribution in [0.15, 0.2) is 30.5 Å². The lowest BCUT2D eigenvalue weighted by Gasteiger charge is -2.21. The predicted octanol–water partition coefficient (Wildman–Crippen LogP) is 4.12. The lowest BCUT2D eigenvalue weighted by molar-refractivity contribution is 0.726. The first kappa shape index (κ1) is 15.7. The van der Waals surface area contributed by atoms with Gasteiger partial charge < -0.3 is 10.2 Å². The molecule has 0 amide bonds. The van der Waals surface area contributed by atoms with Crippen molar-refractivity contribution >= 4 is 17.5 Å². The number of rotatable bonds is 4. The molecular formula is C18H25N5. The molecule has 0 saturated carbocycles. The Kier molecular flexibility index (Phi) is 5.05. The first-order valence-corrected chi connectivity index (χ1v) is 8.54. The van der Waals surface area contributed by atoms with Gasteiger partial charge in [-0.25, -0.2) is 0 Å². The molecule has 0 radical (unpaired) electrons. The standard InChI is InChI=1S/C18H25N5/c1-14(2)15-9-5-6-10-16(15)20-18-21-17(13-19-22-18)23-11-7-3-4-8-12-23/h5-6,9-10,13-14H,3-4,7-8,11-12H2,1-2H3,(H,20,21,22). The highest BCUT2D eigenvalue weighted by Crippen LogP contribution is 2.26. The average molecular weight is 311 g/mol. The van der Waals surface area contributed by atoms with E-state index in [0.717, 1.165) is 24.6 Å². The Morgan fingerprint density at radius 3 is 2.52 bits per heavy atom. The maximum Gasteiger partial charge on any atom is 0.249 e. The van der Waals surface area contributed by atoms with Crippen molar-refractivity contribution < 1.29 is 0 Å². The zero-order chi connectivity index (χ0) is 16.1. The van der Waals surface area contributed by atoms with Gasteiger partial charge in [0.05, 0.1) is 6.20 Å². The predicted molar refractivity (Wildman–Crippen MR) is 94.3 cm³/mol. The molecule has 1 N–H and O–H groups in total. The summed E-state index contributed by atoms with van der Waals surface area (Å²) in [4.78, 5) is 7.00. The van der Waals surface area contributed by atoms with E-state index in [1.165, 1.54) is 31.2 Å². The van der Waals surface area contributed by atoms with Crippen LogP contribution in [0.3, 0.4) is 0 Å². The lowest BCUT2D eigenvalue weighted by Crippen LogP contribution is -2.25. The summed E-state index contributed by atoms with van der Waals surface area (Å²) in [6.07, 6.45) is 6.83. The zero-order valence-electron chi connectivity index (χ0n) is 14.0. The number of nitrogens with zero attached hydrogens (tertiary/aromatic N) is 4. The SMILES string of the molecule is CC(C)c1ccccc1Nc1nncc(N2CCCCCC2)n1. The third-order valence-electron chi connectivity index (χ3n) is 4.31. The Labute approximate surface area is 138 Å². The fourth-order valence-electron chi connectivity index (χ4n) is 3.03. The first-order valence-electron chi connectivity index (χ1n) is 8.54. The van der Waals surface area contributed by atoms with Gasteiger partial charge in [0.25, 0.3) is 0 Å². The van der Waals surface area contributed by atoms with Crippen LogP contribution in [0.4, 0.5) is 17.5 Å². The third-order valence-corrected chi connectivity index (χ3v) is 4.31. The molecule has 3 rings (SSSR count). The summed E-state index contributed by atoms with van der Waals surface area (Å²) in [5, 5.41) is 11.6. The summed E-state index contributed by atoms with van der Waals surface area (Å²) >= 11 is 0. The number of aromatic nitrogens is 3. The molecule has 1 aliphatic heterocycles. The molecule has 23 heavy (non-hydrogen) atoms. The topological polar surface area (TPSA) is 53.9 Å². The van der Waals surface area contributed by atoms with Crippen LogP contribution in [0.5, 0.6) is 0 Å². The molecule has 0 bridgehead atoms. The normalized spacial score (nSPS) is 15.5. The second kappa shape index (κ2) is 7.40. The highest BCUT2D eigenvalue weighted by molar-refractivity contribution is 5.60. The van der Waals surface area contributed by atoms with Gasteiger partial charge in [-0.1, -0.05) is 44.9 Å². The van der Waals surface area contributed by atoms with Crippen LogP contribution in [-0.4, -0.2) is 28.3 Å².